The first-order valence-electron chi connectivity index (χ1n) is 5.83. The number of benzene rings is 1. The van der Waals surface area contributed by atoms with Gasteiger partial charge in [-0.25, -0.2) is 0 Å². The van der Waals surface area contributed by atoms with Gasteiger partial charge in [-0.05, 0) is 45.8 Å². The van der Waals surface area contributed by atoms with Crippen molar-refractivity contribution >= 4 is 27.3 Å². The van der Waals surface area contributed by atoms with Gasteiger partial charge in [-0.15, -0.1) is 11.3 Å². The largest absolute Gasteiger partial charge is 0.435 e. The topological polar surface area (TPSA) is 47.3 Å². The van der Waals surface area contributed by atoms with Crippen LogP contribution in [0.5, 0.6) is 5.75 Å². The lowest BCUT2D eigenvalue weighted by molar-refractivity contribution is -0.0499. The van der Waals surface area contributed by atoms with Crippen LogP contribution in [0.1, 0.15) is 16.5 Å². The van der Waals surface area contributed by atoms with Crippen LogP contribution in [0.4, 0.5) is 8.78 Å². The Morgan fingerprint density at radius 3 is 2.70 bits per heavy atom. The third-order valence-electron chi connectivity index (χ3n) is 2.72. The van der Waals surface area contributed by atoms with Gasteiger partial charge in [0.1, 0.15) is 5.75 Å². The lowest BCUT2D eigenvalue weighted by Gasteiger charge is -2.16. The van der Waals surface area contributed by atoms with Crippen LogP contribution < -0.4 is 16.0 Å². The molecule has 0 spiro atoms. The van der Waals surface area contributed by atoms with Crippen LogP contribution in [-0.4, -0.2) is 6.61 Å². The molecule has 0 saturated carbocycles. The first-order valence-corrected chi connectivity index (χ1v) is 7.44. The van der Waals surface area contributed by atoms with Crippen molar-refractivity contribution in [2.24, 2.45) is 5.84 Å². The third-order valence-corrected chi connectivity index (χ3v) is 4.37. The molecule has 0 aliphatic heterocycles. The van der Waals surface area contributed by atoms with Gasteiger partial charge in [0, 0.05) is 11.3 Å². The predicted octanol–water partition coefficient (Wildman–Crippen LogP) is 3.86. The van der Waals surface area contributed by atoms with Gasteiger partial charge in [-0.3, -0.25) is 11.3 Å². The summed E-state index contributed by atoms with van der Waals surface area (Å²) in [6.07, 6.45) is 0.672. The lowest BCUT2D eigenvalue weighted by Crippen LogP contribution is -2.29. The van der Waals surface area contributed by atoms with Gasteiger partial charge >= 0.3 is 6.61 Å². The summed E-state index contributed by atoms with van der Waals surface area (Å²) >= 11 is 5.01. The highest BCUT2D eigenvalue weighted by Crippen LogP contribution is 2.28. The zero-order valence-corrected chi connectivity index (χ0v) is 12.8. The van der Waals surface area contributed by atoms with E-state index in [9.17, 15) is 8.78 Å². The SMILES string of the molecule is NNC(Cc1ccc(Br)s1)c1cccc(OC(F)F)c1. The Morgan fingerprint density at radius 1 is 1.30 bits per heavy atom. The molecule has 0 amide bonds. The van der Waals surface area contributed by atoms with Gasteiger partial charge < -0.3 is 4.74 Å². The summed E-state index contributed by atoms with van der Waals surface area (Å²) in [5.41, 5.74) is 3.51. The number of hydrogen-bond acceptors (Lipinski definition) is 4. The van der Waals surface area contributed by atoms with Crippen molar-refractivity contribution in [2.75, 3.05) is 0 Å². The predicted molar refractivity (Wildman–Crippen MR) is 78.9 cm³/mol. The number of thiophene rings is 1. The molecule has 0 saturated heterocycles. The number of hydrazine groups is 1. The molecule has 3 nitrogen and oxygen atoms in total. The standard InChI is InChI=1S/C13H13BrF2N2OS/c14-12-5-4-10(20-12)7-11(18-17)8-2-1-3-9(6-8)19-13(15)16/h1-6,11,13,18H,7,17H2. The summed E-state index contributed by atoms with van der Waals surface area (Å²) < 4.78 is 29.9. The molecule has 0 fully saturated rings. The quantitative estimate of drug-likeness (QED) is 0.605. The van der Waals surface area contributed by atoms with E-state index in [2.05, 4.69) is 26.1 Å². The van der Waals surface area contributed by atoms with Gasteiger partial charge in [0.25, 0.3) is 0 Å². The van der Waals surface area contributed by atoms with Crippen molar-refractivity contribution in [2.45, 2.75) is 19.1 Å². The number of ether oxygens (including phenoxy) is 1. The molecule has 1 aromatic carbocycles. The Bertz CT molecular complexity index is 565. The van der Waals surface area contributed by atoms with E-state index in [-0.39, 0.29) is 11.8 Å². The van der Waals surface area contributed by atoms with Crippen LogP contribution in [0.25, 0.3) is 0 Å². The maximum absolute atomic E-state index is 12.2. The van der Waals surface area contributed by atoms with Gasteiger partial charge in [0.15, 0.2) is 0 Å². The van der Waals surface area contributed by atoms with Crippen molar-refractivity contribution in [1.29, 1.82) is 0 Å². The van der Waals surface area contributed by atoms with Crippen LogP contribution in [0, 0.1) is 0 Å². The molecule has 1 atom stereocenters. The average molecular weight is 363 g/mol. The minimum absolute atomic E-state index is 0.130. The molecule has 3 N–H and O–H groups in total. The number of alkyl halides is 2. The van der Waals surface area contributed by atoms with E-state index in [1.807, 2.05) is 18.2 Å². The van der Waals surface area contributed by atoms with E-state index in [0.717, 1.165) is 14.2 Å². The van der Waals surface area contributed by atoms with Crippen molar-refractivity contribution in [3.8, 4) is 5.75 Å². The minimum Gasteiger partial charge on any atom is -0.435 e. The van der Waals surface area contributed by atoms with Gasteiger partial charge in [-0.1, -0.05) is 12.1 Å². The molecule has 20 heavy (non-hydrogen) atoms. The highest BCUT2D eigenvalue weighted by Gasteiger charge is 2.13. The highest BCUT2D eigenvalue weighted by atomic mass is 79.9. The van der Waals surface area contributed by atoms with E-state index < -0.39 is 6.61 Å². The first kappa shape index (κ1) is 15.4. The molecule has 108 valence electrons. The van der Waals surface area contributed by atoms with Crippen molar-refractivity contribution in [3.05, 3.63) is 50.6 Å². The number of halogens is 3. The van der Waals surface area contributed by atoms with Gasteiger partial charge in [0.05, 0.1) is 9.83 Å². The van der Waals surface area contributed by atoms with E-state index in [0.29, 0.717) is 6.42 Å². The van der Waals surface area contributed by atoms with Crippen molar-refractivity contribution < 1.29 is 13.5 Å². The molecule has 2 rings (SSSR count). The second kappa shape index (κ2) is 7.12. The maximum atomic E-state index is 12.2. The van der Waals surface area contributed by atoms with Gasteiger partial charge in [0.2, 0.25) is 0 Å². The average Bonchev–Trinajstić information content (AvgIpc) is 2.81. The molecule has 0 bridgehead atoms. The minimum atomic E-state index is -2.83. The van der Waals surface area contributed by atoms with Crippen molar-refractivity contribution in [1.82, 2.24) is 5.43 Å². The summed E-state index contributed by atoms with van der Waals surface area (Å²) in [7, 11) is 0. The monoisotopic (exact) mass is 362 g/mol. The summed E-state index contributed by atoms with van der Waals surface area (Å²) in [4.78, 5) is 1.14. The van der Waals surface area contributed by atoms with E-state index in [4.69, 9.17) is 5.84 Å². The molecule has 0 aliphatic carbocycles. The summed E-state index contributed by atoms with van der Waals surface area (Å²) in [5, 5.41) is 0. The fourth-order valence-electron chi connectivity index (χ4n) is 1.84. The molecule has 0 radical (unpaired) electrons. The molecule has 2 aromatic rings. The fourth-order valence-corrected chi connectivity index (χ4v) is 3.37. The summed E-state index contributed by atoms with van der Waals surface area (Å²) in [5.74, 6) is 5.69. The van der Waals surface area contributed by atoms with Crippen LogP contribution in [0.2, 0.25) is 0 Å². The highest BCUT2D eigenvalue weighted by molar-refractivity contribution is 9.11. The molecule has 0 aliphatic rings. The normalized spacial score (nSPS) is 12.7. The van der Waals surface area contributed by atoms with Gasteiger partial charge in [-0.2, -0.15) is 8.78 Å². The summed E-state index contributed by atoms with van der Waals surface area (Å²) in [6.45, 7) is -2.83. The Hall–Kier alpha value is -1.02. The van der Waals surface area contributed by atoms with Crippen LogP contribution >= 0.6 is 27.3 Å². The lowest BCUT2D eigenvalue weighted by atomic mass is 10.0. The van der Waals surface area contributed by atoms with Crippen LogP contribution in [0.3, 0.4) is 0 Å². The summed E-state index contributed by atoms with van der Waals surface area (Å²) in [6, 6.07) is 10.3. The van der Waals surface area contributed by atoms with E-state index in [1.165, 1.54) is 6.07 Å². The number of nitrogens with one attached hydrogen (secondary N) is 1. The first-order chi connectivity index (χ1) is 9.58. The Balaban J connectivity index is 2.14. The fraction of sp³-hybridized carbons (Fsp3) is 0.231. The molecule has 1 aromatic heterocycles. The van der Waals surface area contributed by atoms with Crippen molar-refractivity contribution in [3.63, 3.8) is 0 Å². The molecule has 1 heterocycles. The van der Waals surface area contributed by atoms with Crippen LogP contribution in [-0.2, 0) is 6.42 Å². The molecular weight excluding hydrogens is 350 g/mol. The van der Waals surface area contributed by atoms with Crippen LogP contribution in [0.15, 0.2) is 40.2 Å². The molecular formula is C13H13BrF2N2OS. The Morgan fingerprint density at radius 2 is 2.10 bits per heavy atom. The van der Waals surface area contributed by atoms with E-state index in [1.54, 1.807) is 23.5 Å². The number of hydrogen-bond donors (Lipinski definition) is 2. The maximum Gasteiger partial charge on any atom is 0.387 e. The Labute approximate surface area is 127 Å². The molecule has 1 unspecified atom stereocenters. The molecule has 7 heteroatoms. The number of nitrogens with two attached hydrogens (primary N) is 1. The second-order valence-corrected chi connectivity index (χ2v) is 6.63. The Kier molecular flexibility index (Phi) is 5.47. The third kappa shape index (κ3) is 4.24. The zero-order valence-electron chi connectivity index (χ0n) is 10.4. The van der Waals surface area contributed by atoms with E-state index >= 15 is 0 Å². The second-order valence-electron chi connectivity index (χ2n) is 4.08. The smallest absolute Gasteiger partial charge is 0.387 e. The zero-order chi connectivity index (χ0) is 14.5. The number of rotatable bonds is 6.